The maximum absolute atomic E-state index is 13.3. The average molecular weight is 509 g/mol. The van der Waals surface area contributed by atoms with E-state index >= 15 is 0 Å². The van der Waals surface area contributed by atoms with Gasteiger partial charge in [0.1, 0.15) is 11.3 Å². The van der Waals surface area contributed by atoms with Gasteiger partial charge >= 0.3 is 0 Å². The average Bonchev–Trinajstić information content (AvgIpc) is 3.12. The van der Waals surface area contributed by atoms with Crippen molar-refractivity contribution in [1.29, 1.82) is 0 Å². The number of hydrogen-bond donors (Lipinski definition) is 2. The topological polar surface area (TPSA) is 64.9 Å². The van der Waals surface area contributed by atoms with E-state index in [0.717, 1.165) is 73.3 Å². The molecule has 0 bridgehead atoms. The van der Waals surface area contributed by atoms with E-state index in [1.54, 1.807) is 6.07 Å². The second-order valence-corrected chi connectivity index (χ2v) is 10.5. The zero-order valence-corrected chi connectivity index (χ0v) is 22.3. The molecule has 7 heteroatoms. The summed E-state index contributed by atoms with van der Waals surface area (Å²) in [5.41, 5.74) is 6.60. The van der Waals surface area contributed by atoms with Gasteiger partial charge in [0, 0.05) is 61.1 Å². The van der Waals surface area contributed by atoms with Gasteiger partial charge in [0.25, 0.3) is 5.56 Å². The van der Waals surface area contributed by atoms with Gasteiger partial charge in [-0.15, -0.1) is 0 Å². The molecule has 7 nitrogen and oxygen atoms in total. The molecule has 1 fully saturated rings. The van der Waals surface area contributed by atoms with Crippen molar-refractivity contribution in [2.45, 2.75) is 32.2 Å². The van der Waals surface area contributed by atoms with Crippen LogP contribution in [0.3, 0.4) is 0 Å². The lowest BCUT2D eigenvalue weighted by Crippen LogP contribution is -2.47. The molecule has 1 unspecified atom stereocenters. The van der Waals surface area contributed by atoms with E-state index in [1.807, 2.05) is 16.7 Å². The van der Waals surface area contributed by atoms with Crippen molar-refractivity contribution >= 4 is 23.1 Å². The van der Waals surface area contributed by atoms with Crippen LogP contribution in [0, 0.1) is 0 Å². The third-order valence-electron chi connectivity index (χ3n) is 8.04. The zero-order chi connectivity index (χ0) is 26.1. The van der Waals surface area contributed by atoms with E-state index in [4.69, 9.17) is 4.99 Å². The second-order valence-electron chi connectivity index (χ2n) is 10.5. The van der Waals surface area contributed by atoms with Crippen molar-refractivity contribution < 1.29 is 0 Å². The quantitative estimate of drug-likeness (QED) is 0.554. The summed E-state index contributed by atoms with van der Waals surface area (Å²) in [6.07, 6.45) is 4.70. The Labute approximate surface area is 223 Å². The minimum absolute atomic E-state index is 0.00297. The number of para-hydroxylation sites is 1. The van der Waals surface area contributed by atoms with Crippen LogP contribution < -0.4 is 31.8 Å². The highest BCUT2D eigenvalue weighted by atomic mass is 16.1. The maximum atomic E-state index is 13.3. The van der Waals surface area contributed by atoms with Crippen LogP contribution in [0.2, 0.25) is 0 Å². The molecule has 0 saturated carbocycles. The van der Waals surface area contributed by atoms with Crippen molar-refractivity contribution in [1.82, 2.24) is 9.47 Å². The van der Waals surface area contributed by atoms with Crippen LogP contribution in [0.25, 0.3) is 6.08 Å². The van der Waals surface area contributed by atoms with Gasteiger partial charge in [-0.05, 0) is 73.8 Å². The van der Waals surface area contributed by atoms with Crippen LogP contribution in [0.1, 0.15) is 31.4 Å². The third kappa shape index (κ3) is 4.86. The third-order valence-corrected chi connectivity index (χ3v) is 8.04. The molecule has 0 spiro atoms. The van der Waals surface area contributed by atoms with E-state index < -0.39 is 0 Å². The predicted molar refractivity (Wildman–Crippen MR) is 155 cm³/mol. The fourth-order valence-corrected chi connectivity index (χ4v) is 5.70. The van der Waals surface area contributed by atoms with Gasteiger partial charge in [-0.25, -0.2) is 4.99 Å². The lowest BCUT2D eigenvalue weighted by Gasteiger charge is -2.34. The monoisotopic (exact) mass is 508 g/mol. The summed E-state index contributed by atoms with van der Waals surface area (Å²) in [6, 6.07) is 20.6. The van der Waals surface area contributed by atoms with Gasteiger partial charge in [-0.2, -0.15) is 0 Å². The first-order valence-corrected chi connectivity index (χ1v) is 13.7. The van der Waals surface area contributed by atoms with E-state index in [2.05, 4.69) is 82.9 Å². The Morgan fingerprint density at radius 1 is 1.00 bits per heavy atom. The molecule has 3 aliphatic heterocycles. The van der Waals surface area contributed by atoms with Crippen LogP contribution in [-0.4, -0.2) is 49.2 Å². The standard InChI is InChI=1S/C31H36N6O/c1-3-22-8-9-23-10-15-29(38)37(27-20-24-6-4-5-7-28(24)32-21-27)31(23)34-30(22)33-25-11-13-26(14-12-25)36-18-16-35(2)17-19-36/h4-7,9-15,27,32-33H,3,8,16-21H2,1-2H3. The van der Waals surface area contributed by atoms with E-state index in [0.29, 0.717) is 6.54 Å². The summed E-state index contributed by atoms with van der Waals surface area (Å²) < 4.78 is 1.89. The Balaban J connectivity index is 1.33. The fraction of sp³-hybridized carbons (Fsp3) is 0.355. The minimum atomic E-state index is -0.0112. The number of rotatable bonds is 5. The molecule has 38 heavy (non-hydrogen) atoms. The van der Waals surface area contributed by atoms with Crippen molar-refractivity contribution in [2.24, 2.45) is 4.99 Å². The number of piperazine rings is 1. The molecule has 1 atom stereocenters. The van der Waals surface area contributed by atoms with Gasteiger partial charge in [-0.1, -0.05) is 31.2 Å². The van der Waals surface area contributed by atoms with Crippen LogP contribution >= 0.6 is 0 Å². The number of likely N-dealkylation sites (N-methyl/N-ethyl adjacent to an activating group) is 1. The highest BCUT2D eigenvalue weighted by Gasteiger charge is 2.22. The van der Waals surface area contributed by atoms with Crippen LogP contribution in [0.15, 0.2) is 81.8 Å². The van der Waals surface area contributed by atoms with Gasteiger partial charge in [0.2, 0.25) is 0 Å². The normalized spacial score (nSPS) is 19.4. The molecule has 3 aromatic rings. The molecule has 4 heterocycles. The number of nitrogens with zero attached hydrogens (tertiary/aromatic N) is 4. The molecule has 2 aromatic carbocycles. The molecule has 196 valence electrons. The van der Waals surface area contributed by atoms with Crippen molar-refractivity contribution in [3.63, 3.8) is 0 Å². The maximum Gasteiger partial charge on any atom is 0.252 e. The van der Waals surface area contributed by atoms with Crippen LogP contribution in [-0.2, 0) is 6.42 Å². The Morgan fingerprint density at radius 2 is 1.79 bits per heavy atom. The highest BCUT2D eigenvalue weighted by molar-refractivity contribution is 5.58. The SMILES string of the molecule is CCC1=C(Nc2ccc(N3CCN(C)CC3)cc2)N=c2c(ccc(=O)n2C2CNc3ccccc3C2)=CC1. The number of fused-ring (bicyclic) bond motifs is 2. The molecule has 1 aromatic heterocycles. The van der Waals surface area contributed by atoms with Gasteiger partial charge in [0.05, 0.1) is 6.04 Å². The minimum Gasteiger partial charge on any atom is -0.383 e. The Kier molecular flexibility index (Phi) is 6.77. The predicted octanol–water partition coefficient (Wildman–Crippen LogP) is 3.35. The molecule has 0 amide bonds. The molecule has 2 N–H and O–H groups in total. The summed E-state index contributed by atoms with van der Waals surface area (Å²) in [5, 5.41) is 8.13. The summed E-state index contributed by atoms with van der Waals surface area (Å²) in [7, 11) is 2.18. The van der Waals surface area contributed by atoms with E-state index in [1.165, 1.54) is 16.8 Å². The van der Waals surface area contributed by atoms with Crippen LogP contribution in [0.5, 0.6) is 0 Å². The lowest BCUT2D eigenvalue weighted by atomic mass is 9.99. The van der Waals surface area contributed by atoms with Crippen molar-refractivity contribution in [3.05, 3.63) is 98.7 Å². The van der Waals surface area contributed by atoms with E-state index in [-0.39, 0.29) is 11.6 Å². The first kappa shape index (κ1) is 24.5. The summed E-state index contributed by atoms with van der Waals surface area (Å²) in [6.45, 7) is 7.14. The van der Waals surface area contributed by atoms with Crippen LogP contribution in [0.4, 0.5) is 17.1 Å². The molecular formula is C31H36N6O. The first-order valence-electron chi connectivity index (χ1n) is 13.7. The number of nitrogens with one attached hydrogen (secondary N) is 2. The van der Waals surface area contributed by atoms with Gasteiger partial charge in [-0.3, -0.25) is 9.36 Å². The Hall–Kier alpha value is -3.84. The number of allylic oxidation sites excluding steroid dienone is 1. The summed E-state index contributed by atoms with van der Waals surface area (Å²) >= 11 is 0. The lowest BCUT2D eigenvalue weighted by molar-refractivity contribution is 0.313. The van der Waals surface area contributed by atoms with E-state index in [9.17, 15) is 4.79 Å². The largest absolute Gasteiger partial charge is 0.383 e. The number of aromatic nitrogens is 1. The molecule has 0 aliphatic carbocycles. The zero-order valence-electron chi connectivity index (χ0n) is 22.3. The van der Waals surface area contributed by atoms with Crippen molar-refractivity contribution in [3.8, 4) is 0 Å². The molecule has 0 radical (unpaired) electrons. The molecule has 3 aliphatic rings. The van der Waals surface area contributed by atoms with Crippen molar-refractivity contribution in [2.75, 3.05) is 55.3 Å². The number of hydrogen-bond acceptors (Lipinski definition) is 6. The van der Waals surface area contributed by atoms with Gasteiger partial charge in [0.15, 0.2) is 0 Å². The highest BCUT2D eigenvalue weighted by Crippen LogP contribution is 2.26. The molecule has 6 rings (SSSR count). The fourth-order valence-electron chi connectivity index (χ4n) is 5.70. The second kappa shape index (κ2) is 10.5. The molecular weight excluding hydrogens is 472 g/mol. The first-order chi connectivity index (χ1) is 18.6. The number of anilines is 3. The smallest absolute Gasteiger partial charge is 0.252 e. The number of pyridine rings is 1. The van der Waals surface area contributed by atoms with Gasteiger partial charge < -0.3 is 20.4 Å². The number of benzene rings is 2. The molecule has 1 saturated heterocycles. The Morgan fingerprint density at radius 3 is 2.58 bits per heavy atom. The Bertz CT molecular complexity index is 1530. The summed E-state index contributed by atoms with van der Waals surface area (Å²) in [4.78, 5) is 23.2. The summed E-state index contributed by atoms with van der Waals surface area (Å²) in [5.74, 6) is 0.846.